The average molecular weight is 304 g/mol. The Balaban J connectivity index is 2.28. The molecule has 21 heavy (non-hydrogen) atoms. The van der Waals surface area contributed by atoms with E-state index in [1.54, 1.807) is 0 Å². The number of benzene rings is 1. The fourth-order valence-corrected chi connectivity index (χ4v) is 2.68. The highest BCUT2D eigenvalue weighted by Crippen LogP contribution is 2.35. The van der Waals surface area contributed by atoms with Crippen LogP contribution in [0, 0.1) is 17.0 Å². The Kier molecular flexibility index (Phi) is 4.08. The van der Waals surface area contributed by atoms with Crippen LogP contribution in [0.15, 0.2) is 18.2 Å². The van der Waals surface area contributed by atoms with Gasteiger partial charge in [-0.2, -0.15) is 13.2 Å². The highest BCUT2D eigenvalue weighted by molar-refractivity contribution is 5.56. The molecule has 2 rings (SSSR count). The predicted molar refractivity (Wildman–Crippen MR) is 70.3 cm³/mol. The molecule has 0 saturated carbocycles. The van der Waals surface area contributed by atoms with Crippen molar-refractivity contribution >= 4 is 11.4 Å². The van der Waals surface area contributed by atoms with Gasteiger partial charge in [0.1, 0.15) is 0 Å². The molecule has 1 heterocycles. The van der Waals surface area contributed by atoms with Gasteiger partial charge in [0.15, 0.2) is 6.10 Å². The van der Waals surface area contributed by atoms with E-state index in [4.69, 9.17) is 0 Å². The Morgan fingerprint density at radius 3 is 2.67 bits per heavy atom. The summed E-state index contributed by atoms with van der Waals surface area (Å²) in [6, 6.07) is 3.14. The highest BCUT2D eigenvalue weighted by Gasteiger charge is 2.47. The summed E-state index contributed by atoms with van der Waals surface area (Å²) >= 11 is 0. The molecule has 1 aliphatic rings. The lowest BCUT2D eigenvalue weighted by molar-refractivity contribution is -0.385. The van der Waals surface area contributed by atoms with Gasteiger partial charge in [-0.15, -0.1) is 0 Å². The molecule has 0 aromatic heterocycles. The standard InChI is InChI=1S/C13H15F3N2O3/c1-8-7-9(4-5-10(8)18(20)21)17-6-2-3-11(17)12(19)13(14,15)16/h4-5,7,11-12,19H,2-3,6H2,1H3/t11-,12-/m1/s1. The normalized spacial score (nSPS) is 20.6. The number of nitrogens with zero attached hydrogens (tertiary/aromatic N) is 2. The first kappa shape index (κ1) is 15.6. The lowest BCUT2D eigenvalue weighted by Gasteiger charge is -2.31. The maximum absolute atomic E-state index is 12.7. The van der Waals surface area contributed by atoms with Crippen molar-refractivity contribution in [2.45, 2.75) is 38.1 Å². The van der Waals surface area contributed by atoms with Crippen molar-refractivity contribution < 1.29 is 23.2 Å². The maximum atomic E-state index is 12.7. The van der Waals surface area contributed by atoms with Gasteiger partial charge >= 0.3 is 6.18 Å². The van der Waals surface area contributed by atoms with Gasteiger partial charge in [0, 0.05) is 23.9 Å². The summed E-state index contributed by atoms with van der Waals surface area (Å²) in [5, 5.41) is 20.2. The number of alkyl halides is 3. The minimum atomic E-state index is -4.68. The van der Waals surface area contributed by atoms with Gasteiger partial charge in [-0.3, -0.25) is 10.1 Å². The van der Waals surface area contributed by atoms with Crippen molar-refractivity contribution in [3.63, 3.8) is 0 Å². The molecule has 2 atom stereocenters. The Morgan fingerprint density at radius 2 is 2.14 bits per heavy atom. The van der Waals surface area contributed by atoms with Gasteiger partial charge in [-0.1, -0.05) is 0 Å². The number of anilines is 1. The molecule has 116 valence electrons. The topological polar surface area (TPSA) is 66.6 Å². The molecule has 1 aliphatic heterocycles. The van der Waals surface area contributed by atoms with E-state index < -0.39 is 23.2 Å². The van der Waals surface area contributed by atoms with Gasteiger partial charge in [-0.25, -0.2) is 0 Å². The van der Waals surface area contributed by atoms with E-state index in [9.17, 15) is 28.4 Å². The number of aliphatic hydroxyl groups excluding tert-OH is 1. The Morgan fingerprint density at radius 1 is 1.48 bits per heavy atom. The van der Waals surface area contributed by atoms with Crippen LogP contribution in [0.3, 0.4) is 0 Å². The molecular weight excluding hydrogens is 289 g/mol. The van der Waals surface area contributed by atoms with Gasteiger partial charge in [-0.05, 0) is 31.9 Å². The molecule has 0 aliphatic carbocycles. The smallest absolute Gasteiger partial charge is 0.382 e. The molecule has 1 saturated heterocycles. The third kappa shape index (κ3) is 3.10. The van der Waals surface area contributed by atoms with Crippen LogP contribution < -0.4 is 4.90 Å². The van der Waals surface area contributed by atoms with Crippen LogP contribution in [-0.2, 0) is 0 Å². The third-order valence-corrected chi connectivity index (χ3v) is 3.71. The molecule has 1 N–H and O–H groups in total. The molecular formula is C13H15F3N2O3. The Hall–Kier alpha value is -1.83. The molecule has 1 fully saturated rings. The predicted octanol–water partition coefficient (Wildman–Crippen LogP) is 2.80. The number of hydrogen-bond donors (Lipinski definition) is 1. The van der Waals surface area contributed by atoms with Crippen LogP contribution in [0.25, 0.3) is 0 Å². The number of aliphatic hydroxyl groups is 1. The molecule has 1 aromatic carbocycles. The molecule has 5 nitrogen and oxygen atoms in total. The molecule has 1 aromatic rings. The van der Waals surface area contributed by atoms with E-state index >= 15 is 0 Å². The maximum Gasteiger partial charge on any atom is 0.416 e. The fraction of sp³-hybridized carbons (Fsp3) is 0.538. The lowest BCUT2D eigenvalue weighted by atomic mass is 10.1. The minimum absolute atomic E-state index is 0.0779. The SMILES string of the molecule is Cc1cc(N2CCC[C@@H]2[C@@H](O)C(F)(F)F)ccc1[N+](=O)[O-]. The van der Waals surface area contributed by atoms with Crippen molar-refractivity contribution in [1.29, 1.82) is 0 Å². The van der Waals surface area contributed by atoms with Crippen LogP contribution >= 0.6 is 0 Å². The summed E-state index contributed by atoms with van der Waals surface area (Å²) < 4.78 is 38.0. The second kappa shape index (κ2) is 5.51. The second-order valence-electron chi connectivity index (χ2n) is 5.12. The summed E-state index contributed by atoms with van der Waals surface area (Å²) in [4.78, 5) is 11.7. The van der Waals surface area contributed by atoms with Gasteiger partial charge in [0.05, 0.1) is 11.0 Å². The van der Waals surface area contributed by atoms with Crippen molar-refractivity contribution in [3.05, 3.63) is 33.9 Å². The summed E-state index contributed by atoms with van der Waals surface area (Å²) in [6.45, 7) is 1.92. The average Bonchev–Trinajstić information content (AvgIpc) is 2.84. The van der Waals surface area contributed by atoms with E-state index in [0.29, 0.717) is 24.2 Å². The zero-order chi connectivity index (χ0) is 15.8. The summed E-state index contributed by atoms with van der Waals surface area (Å²) in [5.74, 6) is 0. The van der Waals surface area contributed by atoms with Crippen LogP contribution in [0.1, 0.15) is 18.4 Å². The summed E-state index contributed by atoms with van der Waals surface area (Å²) in [7, 11) is 0. The van der Waals surface area contributed by atoms with Crippen molar-refractivity contribution in [2.24, 2.45) is 0 Å². The number of rotatable bonds is 3. The van der Waals surface area contributed by atoms with Gasteiger partial charge in [0.2, 0.25) is 0 Å². The molecule has 8 heteroatoms. The van der Waals surface area contributed by atoms with E-state index in [1.807, 2.05) is 0 Å². The Bertz CT molecular complexity index is 548. The quantitative estimate of drug-likeness (QED) is 0.689. The molecule has 0 amide bonds. The molecule has 0 bridgehead atoms. The number of aryl methyl sites for hydroxylation is 1. The van der Waals surface area contributed by atoms with E-state index in [1.165, 1.54) is 30.0 Å². The summed E-state index contributed by atoms with van der Waals surface area (Å²) in [5.41, 5.74) is 0.763. The fourth-order valence-electron chi connectivity index (χ4n) is 2.68. The largest absolute Gasteiger partial charge is 0.416 e. The van der Waals surface area contributed by atoms with Crippen molar-refractivity contribution in [2.75, 3.05) is 11.4 Å². The number of nitro benzene ring substituents is 1. The van der Waals surface area contributed by atoms with Crippen molar-refractivity contribution in [1.82, 2.24) is 0 Å². The molecule has 0 radical (unpaired) electrons. The minimum Gasteiger partial charge on any atom is -0.382 e. The number of hydrogen-bond acceptors (Lipinski definition) is 4. The Labute approximate surface area is 119 Å². The monoisotopic (exact) mass is 304 g/mol. The van der Waals surface area contributed by atoms with Crippen LogP contribution in [0.5, 0.6) is 0 Å². The van der Waals surface area contributed by atoms with Gasteiger partial charge in [0.25, 0.3) is 5.69 Å². The molecule has 0 unspecified atom stereocenters. The first-order chi connectivity index (χ1) is 9.71. The third-order valence-electron chi connectivity index (χ3n) is 3.71. The zero-order valence-electron chi connectivity index (χ0n) is 11.3. The highest BCUT2D eigenvalue weighted by atomic mass is 19.4. The van der Waals surface area contributed by atoms with Crippen molar-refractivity contribution in [3.8, 4) is 0 Å². The van der Waals surface area contributed by atoms with E-state index in [-0.39, 0.29) is 12.1 Å². The first-order valence-electron chi connectivity index (χ1n) is 6.48. The number of halogens is 3. The second-order valence-corrected chi connectivity index (χ2v) is 5.12. The van der Waals surface area contributed by atoms with Crippen LogP contribution in [0.2, 0.25) is 0 Å². The zero-order valence-corrected chi connectivity index (χ0v) is 11.3. The van der Waals surface area contributed by atoms with Crippen LogP contribution in [-0.4, -0.2) is 34.9 Å². The van der Waals surface area contributed by atoms with E-state index in [0.717, 1.165) is 0 Å². The molecule has 0 spiro atoms. The number of nitro groups is 1. The van der Waals surface area contributed by atoms with E-state index in [2.05, 4.69) is 0 Å². The summed E-state index contributed by atoms with van der Waals surface area (Å²) in [6.07, 6.45) is -6.33. The first-order valence-corrected chi connectivity index (χ1v) is 6.48. The lowest BCUT2D eigenvalue weighted by Crippen LogP contribution is -2.47. The van der Waals surface area contributed by atoms with Gasteiger partial charge < -0.3 is 10.0 Å². The van der Waals surface area contributed by atoms with Crippen LogP contribution in [0.4, 0.5) is 24.5 Å².